The highest BCUT2D eigenvalue weighted by Gasteiger charge is 2.22. The molecule has 0 spiro atoms. The van der Waals surface area contributed by atoms with Crippen molar-refractivity contribution in [1.29, 1.82) is 0 Å². The first-order chi connectivity index (χ1) is 9.41. The van der Waals surface area contributed by atoms with Crippen molar-refractivity contribution in [3.8, 4) is 0 Å². The van der Waals surface area contributed by atoms with Gasteiger partial charge in [0.25, 0.3) is 0 Å². The molecule has 114 valence electrons. The Labute approximate surface area is 121 Å². The van der Waals surface area contributed by atoms with Crippen LogP contribution in [0.3, 0.4) is 0 Å². The molecular weight excluding hydrogens is 278 g/mol. The molecule has 1 N–H and O–H groups in total. The van der Waals surface area contributed by atoms with E-state index in [9.17, 15) is 13.5 Å². The van der Waals surface area contributed by atoms with Gasteiger partial charge in [-0.1, -0.05) is 25.5 Å². The van der Waals surface area contributed by atoms with E-state index in [1.54, 1.807) is 12.1 Å². The highest BCUT2D eigenvalue weighted by Crippen LogP contribution is 2.16. The van der Waals surface area contributed by atoms with Crippen LogP contribution in [0.15, 0.2) is 29.2 Å². The van der Waals surface area contributed by atoms with Gasteiger partial charge in [0.2, 0.25) is 10.0 Å². The lowest BCUT2D eigenvalue weighted by molar-refractivity contribution is 0.0554. The molecule has 0 aromatic heterocycles. The zero-order valence-corrected chi connectivity index (χ0v) is 13.1. The van der Waals surface area contributed by atoms with Gasteiger partial charge in [-0.25, -0.2) is 8.42 Å². The number of sulfonamides is 1. The van der Waals surface area contributed by atoms with Crippen molar-refractivity contribution in [3.63, 3.8) is 0 Å². The lowest BCUT2D eigenvalue weighted by Crippen LogP contribution is -2.36. The fraction of sp³-hybridized carbons (Fsp3) is 0.571. The zero-order valence-electron chi connectivity index (χ0n) is 12.2. The van der Waals surface area contributed by atoms with E-state index in [4.69, 9.17) is 4.74 Å². The lowest BCUT2D eigenvalue weighted by atomic mass is 10.1. The third kappa shape index (κ3) is 4.56. The summed E-state index contributed by atoms with van der Waals surface area (Å²) >= 11 is 0. The summed E-state index contributed by atoms with van der Waals surface area (Å²) in [6.07, 6.45) is 1.12. The Morgan fingerprint density at radius 3 is 2.40 bits per heavy atom. The maximum atomic E-state index is 12.3. The number of likely N-dealkylation sites (N-methyl/N-ethyl adjacent to an activating group) is 1. The van der Waals surface area contributed by atoms with E-state index in [0.717, 1.165) is 22.7 Å². The molecule has 0 radical (unpaired) electrons. The second-order valence-electron chi connectivity index (χ2n) is 4.79. The van der Waals surface area contributed by atoms with Gasteiger partial charge in [-0.05, 0) is 24.1 Å². The fourth-order valence-electron chi connectivity index (χ4n) is 1.94. The van der Waals surface area contributed by atoms with Crippen LogP contribution in [0.1, 0.15) is 18.9 Å². The Balaban J connectivity index is 2.81. The molecular formula is C14H23NO4S. The van der Waals surface area contributed by atoms with Crippen molar-refractivity contribution in [3.05, 3.63) is 29.8 Å². The number of nitrogens with zero attached hydrogens (tertiary/aromatic N) is 1. The minimum Gasteiger partial charge on any atom is -0.389 e. The predicted octanol–water partition coefficient (Wildman–Crippen LogP) is 1.27. The monoisotopic (exact) mass is 301 g/mol. The number of aliphatic hydroxyl groups is 1. The van der Waals surface area contributed by atoms with Crippen molar-refractivity contribution in [2.24, 2.45) is 0 Å². The van der Waals surface area contributed by atoms with E-state index in [0.29, 0.717) is 0 Å². The molecule has 0 bridgehead atoms. The average Bonchev–Trinajstić information content (AvgIpc) is 2.40. The van der Waals surface area contributed by atoms with E-state index in [-0.39, 0.29) is 18.0 Å². The third-order valence-corrected chi connectivity index (χ3v) is 4.83. The van der Waals surface area contributed by atoms with Gasteiger partial charge in [0.05, 0.1) is 17.6 Å². The van der Waals surface area contributed by atoms with Gasteiger partial charge in [0, 0.05) is 20.7 Å². The van der Waals surface area contributed by atoms with Crippen LogP contribution in [0.2, 0.25) is 0 Å². The maximum Gasteiger partial charge on any atom is 0.242 e. The molecule has 0 saturated heterocycles. The van der Waals surface area contributed by atoms with Gasteiger partial charge in [0.15, 0.2) is 0 Å². The van der Waals surface area contributed by atoms with Crippen molar-refractivity contribution >= 4 is 10.0 Å². The van der Waals surface area contributed by atoms with Crippen LogP contribution >= 0.6 is 0 Å². The Morgan fingerprint density at radius 1 is 1.30 bits per heavy atom. The molecule has 0 fully saturated rings. The second kappa shape index (κ2) is 7.73. The van der Waals surface area contributed by atoms with Gasteiger partial charge in [-0.15, -0.1) is 0 Å². The van der Waals surface area contributed by atoms with Gasteiger partial charge in [-0.2, -0.15) is 4.31 Å². The number of rotatable bonds is 8. The van der Waals surface area contributed by atoms with Crippen LogP contribution < -0.4 is 0 Å². The first-order valence-electron chi connectivity index (χ1n) is 6.64. The standard InChI is InChI=1S/C14H23NO4S/c1-4-5-12-6-8-14(9-7-12)20(17,18)15(2)10-13(16)11-19-3/h6-9,13,16H,4-5,10-11H2,1-3H3. The van der Waals surface area contributed by atoms with Crippen LogP contribution in [0.4, 0.5) is 0 Å². The summed E-state index contributed by atoms with van der Waals surface area (Å²) in [5.74, 6) is 0. The molecule has 5 nitrogen and oxygen atoms in total. The molecule has 0 aliphatic heterocycles. The summed E-state index contributed by atoms with van der Waals surface area (Å²) in [7, 11) is -0.651. The van der Waals surface area contributed by atoms with E-state index >= 15 is 0 Å². The Morgan fingerprint density at radius 2 is 1.90 bits per heavy atom. The number of methoxy groups -OCH3 is 1. The molecule has 0 amide bonds. The summed E-state index contributed by atoms with van der Waals surface area (Å²) in [5.41, 5.74) is 1.12. The molecule has 1 aromatic carbocycles. The first kappa shape index (κ1) is 17.1. The summed E-state index contributed by atoms with van der Waals surface area (Å²) in [5, 5.41) is 9.61. The molecule has 6 heteroatoms. The second-order valence-corrected chi connectivity index (χ2v) is 6.83. The minimum absolute atomic E-state index is 0.00683. The van der Waals surface area contributed by atoms with Gasteiger partial charge >= 0.3 is 0 Å². The Bertz CT molecular complexity index is 498. The van der Waals surface area contributed by atoms with Crippen molar-refractivity contribution in [2.75, 3.05) is 27.3 Å². The van der Waals surface area contributed by atoms with Crippen LogP contribution in [-0.2, 0) is 21.2 Å². The molecule has 1 rings (SSSR count). The van der Waals surface area contributed by atoms with Gasteiger partial charge in [0.1, 0.15) is 0 Å². The number of aryl methyl sites for hydroxylation is 1. The molecule has 20 heavy (non-hydrogen) atoms. The van der Waals surface area contributed by atoms with Crippen LogP contribution in [0.25, 0.3) is 0 Å². The van der Waals surface area contributed by atoms with Crippen LogP contribution in [-0.4, -0.2) is 51.2 Å². The van der Waals surface area contributed by atoms with Crippen molar-refractivity contribution in [2.45, 2.75) is 30.8 Å². The normalized spacial score (nSPS) is 13.7. The van der Waals surface area contributed by atoms with Crippen molar-refractivity contribution < 1.29 is 18.3 Å². The fourth-order valence-corrected chi connectivity index (χ4v) is 3.14. The highest BCUT2D eigenvalue weighted by molar-refractivity contribution is 7.89. The Hall–Kier alpha value is -0.950. The predicted molar refractivity (Wildman–Crippen MR) is 78.1 cm³/mol. The van der Waals surface area contributed by atoms with Crippen LogP contribution in [0, 0.1) is 0 Å². The van der Waals surface area contributed by atoms with E-state index in [2.05, 4.69) is 6.92 Å². The summed E-state index contributed by atoms with van der Waals surface area (Å²) in [6, 6.07) is 6.88. The van der Waals surface area contributed by atoms with Crippen molar-refractivity contribution in [1.82, 2.24) is 4.31 Å². The summed E-state index contributed by atoms with van der Waals surface area (Å²) in [6.45, 7) is 2.19. The number of aliphatic hydroxyl groups excluding tert-OH is 1. The van der Waals surface area contributed by atoms with E-state index in [1.165, 1.54) is 14.2 Å². The molecule has 1 atom stereocenters. The highest BCUT2D eigenvalue weighted by atomic mass is 32.2. The molecule has 0 aliphatic rings. The largest absolute Gasteiger partial charge is 0.389 e. The first-order valence-corrected chi connectivity index (χ1v) is 8.08. The number of ether oxygens (including phenoxy) is 1. The molecule has 0 saturated carbocycles. The SMILES string of the molecule is CCCc1ccc(S(=O)(=O)N(C)CC(O)COC)cc1. The topological polar surface area (TPSA) is 66.8 Å². The number of hydrogen-bond acceptors (Lipinski definition) is 4. The van der Waals surface area contributed by atoms with E-state index < -0.39 is 16.1 Å². The number of benzene rings is 1. The molecule has 1 unspecified atom stereocenters. The van der Waals surface area contributed by atoms with Gasteiger partial charge in [-0.3, -0.25) is 0 Å². The molecule has 1 aromatic rings. The maximum absolute atomic E-state index is 12.3. The average molecular weight is 301 g/mol. The van der Waals surface area contributed by atoms with E-state index in [1.807, 2.05) is 12.1 Å². The van der Waals surface area contributed by atoms with Crippen LogP contribution in [0.5, 0.6) is 0 Å². The smallest absolute Gasteiger partial charge is 0.242 e. The quantitative estimate of drug-likeness (QED) is 0.785. The molecule has 0 aliphatic carbocycles. The molecule has 0 heterocycles. The third-order valence-electron chi connectivity index (χ3n) is 3.00. The lowest BCUT2D eigenvalue weighted by Gasteiger charge is -2.20. The summed E-state index contributed by atoms with van der Waals surface area (Å²) < 4.78 is 30.6. The van der Waals surface area contributed by atoms with Gasteiger partial charge < -0.3 is 9.84 Å². The zero-order chi connectivity index (χ0) is 15.2. The minimum atomic E-state index is -3.57. The Kier molecular flexibility index (Phi) is 6.61. The number of hydrogen-bond donors (Lipinski definition) is 1. The summed E-state index contributed by atoms with van der Waals surface area (Å²) in [4.78, 5) is 0.240.